The SMILES string of the molecule is FC(F)(F)c1cc(Br)ccc1NCC1CCOC1. The van der Waals surface area contributed by atoms with E-state index < -0.39 is 11.7 Å². The fourth-order valence-corrected chi connectivity index (χ4v) is 2.26. The first-order valence-electron chi connectivity index (χ1n) is 5.65. The van der Waals surface area contributed by atoms with Crippen LogP contribution in [0.15, 0.2) is 22.7 Å². The summed E-state index contributed by atoms with van der Waals surface area (Å²) in [5, 5.41) is 2.87. The van der Waals surface area contributed by atoms with Crippen LogP contribution in [0.1, 0.15) is 12.0 Å². The average Bonchev–Trinajstić information content (AvgIpc) is 2.79. The van der Waals surface area contributed by atoms with Gasteiger partial charge in [-0.1, -0.05) is 15.9 Å². The van der Waals surface area contributed by atoms with Crippen LogP contribution in [0.25, 0.3) is 0 Å². The van der Waals surface area contributed by atoms with Crippen LogP contribution in [0.2, 0.25) is 0 Å². The maximum absolute atomic E-state index is 12.8. The van der Waals surface area contributed by atoms with Gasteiger partial charge in [-0.15, -0.1) is 0 Å². The number of rotatable bonds is 3. The van der Waals surface area contributed by atoms with Crippen LogP contribution in [-0.4, -0.2) is 19.8 Å². The minimum Gasteiger partial charge on any atom is -0.384 e. The normalized spacial score (nSPS) is 20.1. The first-order chi connectivity index (χ1) is 8.47. The van der Waals surface area contributed by atoms with E-state index in [2.05, 4.69) is 21.2 Å². The fraction of sp³-hybridized carbons (Fsp3) is 0.500. The third kappa shape index (κ3) is 3.38. The molecular weight excluding hydrogens is 311 g/mol. The summed E-state index contributed by atoms with van der Waals surface area (Å²) < 4.78 is 44.1. The molecule has 0 spiro atoms. The van der Waals surface area contributed by atoms with Crippen LogP contribution in [0.3, 0.4) is 0 Å². The molecule has 100 valence electrons. The third-order valence-electron chi connectivity index (χ3n) is 2.89. The number of benzene rings is 1. The molecule has 0 radical (unpaired) electrons. The Hall–Kier alpha value is -0.750. The van der Waals surface area contributed by atoms with Gasteiger partial charge in [-0.3, -0.25) is 0 Å². The van der Waals surface area contributed by atoms with E-state index in [1.807, 2.05) is 0 Å². The molecule has 0 aliphatic carbocycles. The second-order valence-electron chi connectivity index (χ2n) is 4.30. The zero-order chi connectivity index (χ0) is 13.2. The van der Waals surface area contributed by atoms with Crippen molar-refractivity contribution < 1.29 is 17.9 Å². The van der Waals surface area contributed by atoms with Crippen LogP contribution in [0.4, 0.5) is 18.9 Å². The van der Waals surface area contributed by atoms with Crippen molar-refractivity contribution in [2.45, 2.75) is 12.6 Å². The maximum Gasteiger partial charge on any atom is 0.418 e. The van der Waals surface area contributed by atoms with E-state index >= 15 is 0 Å². The maximum atomic E-state index is 12.8. The highest BCUT2D eigenvalue weighted by Gasteiger charge is 2.33. The topological polar surface area (TPSA) is 21.3 Å². The van der Waals surface area contributed by atoms with E-state index in [9.17, 15) is 13.2 Å². The van der Waals surface area contributed by atoms with E-state index in [4.69, 9.17) is 4.74 Å². The Morgan fingerprint density at radius 2 is 2.17 bits per heavy atom. The van der Waals surface area contributed by atoms with E-state index in [0.717, 1.165) is 12.5 Å². The molecule has 18 heavy (non-hydrogen) atoms. The van der Waals surface area contributed by atoms with E-state index in [1.165, 1.54) is 6.07 Å². The number of ether oxygens (including phenoxy) is 1. The lowest BCUT2D eigenvalue weighted by Crippen LogP contribution is -2.17. The van der Waals surface area contributed by atoms with Gasteiger partial charge in [-0.2, -0.15) is 13.2 Å². The predicted octanol–water partition coefficient (Wildman–Crippen LogP) is 3.92. The molecule has 2 rings (SSSR count). The molecule has 1 aliphatic heterocycles. The van der Waals surface area contributed by atoms with Gasteiger partial charge >= 0.3 is 6.18 Å². The Labute approximate surface area is 112 Å². The standard InChI is InChI=1S/C12H13BrF3NO/c13-9-1-2-11(10(5-9)12(14,15)16)17-6-8-3-4-18-7-8/h1-2,5,8,17H,3-4,6-7H2. The van der Waals surface area contributed by atoms with E-state index in [0.29, 0.717) is 24.2 Å². The lowest BCUT2D eigenvalue weighted by molar-refractivity contribution is -0.137. The second-order valence-corrected chi connectivity index (χ2v) is 5.21. The first kappa shape index (κ1) is 13.7. The summed E-state index contributed by atoms with van der Waals surface area (Å²) in [6.45, 7) is 1.81. The van der Waals surface area contributed by atoms with Crippen molar-refractivity contribution in [3.05, 3.63) is 28.2 Å². The van der Waals surface area contributed by atoms with E-state index in [1.54, 1.807) is 6.07 Å². The Kier molecular flexibility index (Phi) is 4.17. The largest absolute Gasteiger partial charge is 0.418 e. The molecule has 0 aromatic heterocycles. The molecule has 1 heterocycles. The molecule has 1 saturated heterocycles. The molecule has 2 nitrogen and oxygen atoms in total. The van der Waals surface area contributed by atoms with Crippen LogP contribution >= 0.6 is 15.9 Å². The molecule has 0 amide bonds. The second kappa shape index (κ2) is 5.48. The van der Waals surface area contributed by atoms with Gasteiger partial charge in [0.15, 0.2) is 0 Å². The summed E-state index contributed by atoms with van der Waals surface area (Å²) in [5.74, 6) is 0.287. The van der Waals surface area contributed by atoms with Crippen molar-refractivity contribution in [2.24, 2.45) is 5.92 Å². The lowest BCUT2D eigenvalue weighted by Gasteiger charge is -2.16. The van der Waals surface area contributed by atoms with Gasteiger partial charge < -0.3 is 10.1 Å². The lowest BCUT2D eigenvalue weighted by atomic mass is 10.1. The Balaban J connectivity index is 2.11. The van der Waals surface area contributed by atoms with Crippen LogP contribution in [0.5, 0.6) is 0 Å². The van der Waals surface area contributed by atoms with Gasteiger partial charge in [0.25, 0.3) is 0 Å². The average molecular weight is 324 g/mol. The van der Waals surface area contributed by atoms with Gasteiger partial charge in [0.05, 0.1) is 12.2 Å². The molecule has 1 N–H and O–H groups in total. The molecule has 1 aromatic rings. The molecular formula is C12H13BrF3NO. The van der Waals surface area contributed by atoms with Crippen LogP contribution in [0, 0.1) is 5.92 Å². The Bertz CT molecular complexity index is 416. The van der Waals surface area contributed by atoms with Gasteiger partial charge in [0.2, 0.25) is 0 Å². The van der Waals surface area contributed by atoms with Crippen molar-refractivity contribution in [1.29, 1.82) is 0 Å². The van der Waals surface area contributed by atoms with Crippen molar-refractivity contribution in [3.8, 4) is 0 Å². The van der Waals surface area contributed by atoms with Crippen molar-refractivity contribution in [3.63, 3.8) is 0 Å². The minimum absolute atomic E-state index is 0.123. The Morgan fingerprint density at radius 1 is 1.39 bits per heavy atom. The summed E-state index contributed by atoms with van der Waals surface area (Å²) >= 11 is 3.06. The molecule has 0 bridgehead atoms. The summed E-state index contributed by atoms with van der Waals surface area (Å²) in [6.07, 6.45) is -3.46. The zero-order valence-electron chi connectivity index (χ0n) is 9.56. The number of anilines is 1. The summed E-state index contributed by atoms with van der Waals surface area (Å²) in [6, 6.07) is 4.14. The molecule has 1 atom stereocenters. The molecule has 1 aromatic carbocycles. The summed E-state index contributed by atoms with van der Waals surface area (Å²) in [7, 11) is 0. The van der Waals surface area contributed by atoms with Gasteiger partial charge in [-0.05, 0) is 24.6 Å². The van der Waals surface area contributed by atoms with Crippen LogP contribution in [-0.2, 0) is 10.9 Å². The predicted molar refractivity (Wildman–Crippen MR) is 66.6 cm³/mol. The van der Waals surface area contributed by atoms with E-state index in [-0.39, 0.29) is 11.6 Å². The van der Waals surface area contributed by atoms with Crippen LogP contribution < -0.4 is 5.32 Å². The molecule has 0 saturated carbocycles. The quantitative estimate of drug-likeness (QED) is 0.910. The molecule has 1 fully saturated rings. The van der Waals surface area contributed by atoms with Crippen molar-refractivity contribution in [2.75, 3.05) is 25.1 Å². The number of hydrogen-bond acceptors (Lipinski definition) is 2. The van der Waals surface area contributed by atoms with Crippen molar-refractivity contribution >= 4 is 21.6 Å². The number of hydrogen-bond donors (Lipinski definition) is 1. The monoisotopic (exact) mass is 323 g/mol. The number of nitrogens with one attached hydrogen (secondary N) is 1. The van der Waals surface area contributed by atoms with Gasteiger partial charge in [-0.25, -0.2) is 0 Å². The molecule has 1 aliphatic rings. The highest BCUT2D eigenvalue weighted by atomic mass is 79.9. The number of alkyl halides is 3. The minimum atomic E-state index is -4.35. The molecule has 6 heteroatoms. The Morgan fingerprint density at radius 3 is 2.78 bits per heavy atom. The number of halogens is 4. The summed E-state index contributed by atoms with van der Waals surface area (Å²) in [5.41, 5.74) is -0.520. The zero-order valence-corrected chi connectivity index (χ0v) is 11.1. The summed E-state index contributed by atoms with van der Waals surface area (Å²) in [4.78, 5) is 0. The third-order valence-corrected chi connectivity index (χ3v) is 3.39. The van der Waals surface area contributed by atoms with Gasteiger partial charge in [0.1, 0.15) is 0 Å². The highest BCUT2D eigenvalue weighted by Crippen LogP contribution is 2.36. The smallest absolute Gasteiger partial charge is 0.384 e. The first-order valence-corrected chi connectivity index (χ1v) is 6.44. The van der Waals surface area contributed by atoms with Crippen molar-refractivity contribution in [1.82, 2.24) is 0 Å². The highest BCUT2D eigenvalue weighted by molar-refractivity contribution is 9.10. The fourth-order valence-electron chi connectivity index (χ4n) is 1.90. The molecule has 1 unspecified atom stereocenters. The van der Waals surface area contributed by atoms with Gasteiger partial charge in [0, 0.05) is 29.2 Å².